The highest BCUT2D eigenvalue weighted by atomic mass is 16.4. The first-order valence-corrected chi connectivity index (χ1v) is 44.0. The number of hydrogen-bond donors (Lipinski definition) is 0. The molecule has 20 heterocycles. The van der Waals surface area contributed by atoms with E-state index in [1.54, 1.807) is 73.1 Å². The van der Waals surface area contributed by atoms with Gasteiger partial charge >= 0.3 is 0 Å². The average Bonchev–Trinajstić information content (AvgIpc) is 1.59. The van der Waals surface area contributed by atoms with Crippen LogP contribution < -0.4 is 49.0 Å². The molecule has 0 bridgehead atoms. The highest BCUT2D eigenvalue weighted by molar-refractivity contribution is 6.15. The third kappa shape index (κ3) is 13.5. The Labute approximate surface area is 787 Å². The second-order valence-corrected chi connectivity index (χ2v) is 34.1. The maximum Gasteiger partial charge on any atom is 0.227 e. The summed E-state index contributed by atoms with van der Waals surface area (Å²) in [6.07, 6.45) is 19.7. The van der Waals surface area contributed by atoms with Crippen molar-refractivity contribution in [3.05, 3.63) is 254 Å². The van der Waals surface area contributed by atoms with E-state index in [-0.39, 0.29) is 12.3 Å². The quantitative estimate of drug-likeness (QED) is 0.130. The maximum atomic E-state index is 8.76. The van der Waals surface area contributed by atoms with E-state index < -0.39 is 63.2 Å². The lowest BCUT2D eigenvalue weighted by Crippen LogP contribution is -2.42. The van der Waals surface area contributed by atoms with Crippen LogP contribution in [0.25, 0.3) is 110 Å². The summed E-state index contributed by atoms with van der Waals surface area (Å²) in [6, 6.07) is 42.1. The molecule has 0 N–H and O–H groups in total. The zero-order chi connectivity index (χ0) is 103. The van der Waals surface area contributed by atoms with Gasteiger partial charge in [0, 0.05) is 178 Å². The van der Waals surface area contributed by atoms with Crippen LogP contribution in [0, 0.1) is 34.6 Å². The minimum atomic E-state index is -2.56. The van der Waals surface area contributed by atoms with E-state index in [0.717, 1.165) is 144 Å². The molecule has 0 fully saturated rings. The van der Waals surface area contributed by atoms with E-state index in [9.17, 15) is 0 Å². The Morgan fingerprint density at radius 2 is 0.481 bits per heavy atom. The molecule has 28 heteroatoms. The van der Waals surface area contributed by atoms with Gasteiger partial charge in [0.05, 0.1) is 45.3 Å². The van der Waals surface area contributed by atoms with Crippen LogP contribution in [0.3, 0.4) is 0 Å². The van der Waals surface area contributed by atoms with Crippen LogP contribution in [0.5, 0.6) is 0 Å². The van der Waals surface area contributed by atoms with Crippen LogP contribution in [0.4, 0.5) is 86.4 Å². The normalized spacial score (nSPS) is 19.5. The van der Waals surface area contributed by atoms with Gasteiger partial charge in [-0.1, -0.05) is 60.7 Å². The second-order valence-electron chi connectivity index (χ2n) is 34.1. The van der Waals surface area contributed by atoms with Gasteiger partial charge in [0.2, 0.25) is 28.6 Å². The topological polar surface area (TPSA) is 266 Å². The molecular formula is C105H103N23O5. The standard InChI is InChI=1S/2C22H22N4O.2C21H21N5O.C19H17N5O/c2*1-13(2)25-15(4)26(18-8-6-11-23-21(18)25)19-14(3)9-10-16-17-7-5-12-24-22(17)27-20(16)19;2*1-12(2)25-14(4)26(20-19(25)22-10-11-23-20)17-13(3)7-8-15-16-6-5-9-24-21(16)27-18(15)17;1-11-6-7-13-14-5-4-8-22-19(14)25-16(13)15(11)24-12(2)23(3)17-18(24)21-10-9-20-17/h2*5-13,15H,1-4H3;2*5-12,14H,1-4H3;4-10,12H,1-3H3/i1D3,13D;13D;1D3,12D;12D;3D3. The van der Waals surface area contributed by atoms with E-state index in [1.165, 1.54) is 36.0 Å². The molecule has 0 saturated carbocycles. The largest absolute Gasteiger partial charge is 0.435 e. The second kappa shape index (κ2) is 33.1. The smallest absolute Gasteiger partial charge is 0.227 e. The number of fused-ring (bicyclic) bond motifs is 20. The predicted molar refractivity (Wildman–Crippen MR) is 533 cm³/mol. The van der Waals surface area contributed by atoms with Crippen molar-refractivity contribution >= 4 is 197 Å². The summed E-state index contributed by atoms with van der Waals surface area (Å²) in [5.41, 5.74) is 17.5. The molecule has 20 aromatic rings. The molecule has 0 amide bonds. The van der Waals surface area contributed by atoms with Crippen molar-refractivity contribution in [2.45, 2.75) is 179 Å². The fourth-order valence-electron chi connectivity index (χ4n) is 19.7. The minimum absolute atomic E-state index is 0.0807. The Balaban J connectivity index is 0.000000107. The van der Waals surface area contributed by atoms with E-state index in [4.69, 9.17) is 39.9 Å². The zero-order valence-electron chi connectivity index (χ0n) is 89.1. The van der Waals surface area contributed by atoms with Gasteiger partial charge in [0.25, 0.3) is 0 Å². The summed E-state index contributed by atoms with van der Waals surface area (Å²) >= 11 is 0. The molecule has 15 aromatic heterocycles. The van der Waals surface area contributed by atoms with Crippen molar-refractivity contribution in [2.24, 2.45) is 0 Å². The summed E-state index contributed by atoms with van der Waals surface area (Å²) in [5, 5.41) is 9.56. The summed E-state index contributed by atoms with van der Waals surface area (Å²) in [7, 11) is 0. The monoisotopic (exact) mass is 1780 g/mol. The van der Waals surface area contributed by atoms with E-state index >= 15 is 0 Å². The van der Waals surface area contributed by atoms with Gasteiger partial charge < -0.3 is 56.4 Å². The van der Waals surface area contributed by atoms with Crippen LogP contribution in [0.2, 0.25) is 0 Å². The van der Waals surface area contributed by atoms with Crippen LogP contribution >= 0.6 is 0 Å². The lowest BCUT2D eigenvalue weighted by molar-refractivity contribution is 0.597. The molecule has 25 rings (SSSR count). The molecule has 5 aromatic carbocycles. The van der Waals surface area contributed by atoms with Gasteiger partial charge in [-0.3, -0.25) is 14.7 Å². The highest BCUT2D eigenvalue weighted by Gasteiger charge is 2.45. The van der Waals surface area contributed by atoms with Crippen molar-refractivity contribution in [1.29, 1.82) is 0 Å². The molecule has 28 nitrogen and oxygen atoms in total. The number of aryl methyl sites for hydroxylation is 5. The van der Waals surface area contributed by atoms with Gasteiger partial charge in [0.1, 0.15) is 30.8 Å². The van der Waals surface area contributed by atoms with E-state index in [1.807, 2.05) is 209 Å². The lowest BCUT2D eigenvalue weighted by atomic mass is 10.1. The highest BCUT2D eigenvalue weighted by Crippen LogP contribution is 2.55. The Kier molecular flexibility index (Phi) is 17.5. The van der Waals surface area contributed by atoms with Crippen molar-refractivity contribution in [3.8, 4) is 0 Å². The maximum absolute atomic E-state index is 8.76. The lowest BCUT2D eigenvalue weighted by Gasteiger charge is -2.33. The number of benzene rings is 5. The van der Waals surface area contributed by atoms with Crippen molar-refractivity contribution in [2.75, 3.05) is 56.0 Å². The first kappa shape index (κ1) is 70.3. The van der Waals surface area contributed by atoms with Crippen molar-refractivity contribution in [3.63, 3.8) is 0 Å². The van der Waals surface area contributed by atoms with Gasteiger partial charge in [-0.05, 0) is 237 Å². The minimum Gasteiger partial charge on any atom is -0.435 e. The number of nitrogens with zero attached hydrogens (tertiary/aromatic N) is 23. The number of rotatable bonds is 9. The summed E-state index contributed by atoms with van der Waals surface area (Å²) < 4.78 is 137. The average molecular weight is 1780 g/mol. The molecule has 0 radical (unpaired) electrons. The molecule has 0 saturated heterocycles. The number of aromatic nitrogens is 13. The number of pyridine rings is 7. The molecule has 5 aliphatic heterocycles. The van der Waals surface area contributed by atoms with Gasteiger partial charge in [-0.2, -0.15) is 0 Å². The van der Waals surface area contributed by atoms with Gasteiger partial charge in [-0.15, -0.1) is 0 Å². The number of hydrogen-bond acceptors (Lipinski definition) is 28. The Hall–Kier alpha value is -15.6. The zero-order valence-corrected chi connectivity index (χ0v) is 76.1. The van der Waals surface area contributed by atoms with Crippen molar-refractivity contribution < 1.29 is 39.9 Å². The van der Waals surface area contributed by atoms with Gasteiger partial charge in [0.15, 0.2) is 74.5 Å². The first-order valence-electron chi connectivity index (χ1n) is 50.5. The summed E-state index contributed by atoms with van der Waals surface area (Å²) in [6.45, 7) is 22.7. The van der Waals surface area contributed by atoms with E-state index in [2.05, 4.69) is 133 Å². The molecule has 7 unspecified atom stereocenters. The van der Waals surface area contributed by atoms with Crippen LogP contribution in [-0.4, -0.2) is 127 Å². The predicted octanol–water partition coefficient (Wildman–Crippen LogP) is 24.4. The van der Waals surface area contributed by atoms with Gasteiger partial charge in [-0.25, -0.2) is 64.8 Å². The molecule has 0 aliphatic carbocycles. The number of anilines is 15. The SMILES string of the molecule is [2H]C(C)(C)N1c2ncccc2N(c2c(C)ccc3c2oc2ncccc23)C1C.[2H]C(C)(C)N1c2nccnc2N(c2c(C)ccc3c2oc2ncccc23)C1C.[2H]C([2H])([2H])C([2H])(C)N1c2ncccc2N(c2c(C)ccc3c2oc2ncccc23)C1C.[2H]C([2H])([2H])C([2H])(C)N1c2nccnc2N(c2c(C)ccc3c2oc2ncccc23)C1C.[2H]C([2H])([2H])N1c2nccnc2N(c2c(C)ccc3c2oc2ncccc23)C1C. The Bertz CT molecular complexity index is 7890. The molecule has 7 atom stereocenters. The van der Waals surface area contributed by atoms with Crippen molar-refractivity contribution in [1.82, 2.24) is 64.8 Å². The Morgan fingerprint density at radius 3 is 0.782 bits per heavy atom. The molecule has 668 valence electrons. The van der Waals surface area contributed by atoms with Crippen LogP contribution in [0.15, 0.2) is 248 Å². The summed E-state index contributed by atoms with van der Waals surface area (Å²) in [5.74, 6) is 4.40. The fraction of sp³-hybridized carbons (Fsp3) is 0.267. The van der Waals surface area contributed by atoms with Crippen LogP contribution in [0.1, 0.15) is 136 Å². The summed E-state index contributed by atoms with van der Waals surface area (Å²) in [4.78, 5) is 76.3. The third-order valence-corrected chi connectivity index (χ3v) is 25.5. The number of furan rings is 5. The van der Waals surface area contributed by atoms with Crippen LogP contribution in [-0.2, 0) is 0 Å². The molecule has 5 aliphatic rings. The van der Waals surface area contributed by atoms with E-state index in [0.29, 0.717) is 80.2 Å². The third-order valence-electron chi connectivity index (χ3n) is 25.5. The molecule has 133 heavy (non-hydrogen) atoms. The first-order chi connectivity index (χ1) is 69.4. The molecular weight excluding hydrogens is 1660 g/mol. The molecule has 0 spiro atoms. The Morgan fingerprint density at radius 1 is 0.248 bits per heavy atom. The fourth-order valence-corrected chi connectivity index (χ4v) is 19.7.